The van der Waals surface area contributed by atoms with Crippen LogP contribution >= 0.6 is 0 Å². The second-order valence-corrected chi connectivity index (χ2v) is 7.92. The molecule has 0 radical (unpaired) electrons. The third kappa shape index (κ3) is 4.06. The third-order valence-corrected chi connectivity index (χ3v) is 5.90. The zero-order valence-corrected chi connectivity index (χ0v) is 16.0. The molecule has 0 bridgehead atoms. The first-order valence-electron chi connectivity index (χ1n) is 9.84. The largest absolute Gasteiger partial charge is 0.388 e. The van der Waals surface area contributed by atoms with E-state index in [0.717, 1.165) is 57.0 Å². The van der Waals surface area contributed by atoms with Crippen LogP contribution < -0.4 is 4.90 Å². The number of aliphatic hydroxyl groups is 1. The maximum atomic E-state index is 11.9. The lowest BCUT2D eigenvalue weighted by Crippen LogP contribution is -2.46. The quantitative estimate of drug-likeness (QED) is 0.880. The molecule has 0 unspecified atom stereocenters. The van der Waals surface area contributed by atoms with Crippen molar-refractivity contribution < 1.29 is 9.90 Å². The number of carbonyl (C=O) groups is 1. The maximum Gasteiger partial charge on any atom is 0.227 e. The van der Waals surface area contributed by atoms with Crippen molar-refractivity contribution in [2.75, 3.05) is 24.5 Å². The Labute approximate surface area is 160 Å². The van der Waals surface area contributed by atoms with Gasteiger partial charge in [-0.15, -0.1) is 0 Å². The highest BCUT2D eigenvalue weighted by Gasteiger charge is 2.33. The predicted octanol–water partition coefficient (Wildman–Crippen LogP) is 2.35. The van der Waals surface area contributed by atoms with E-state index in [1.165, 1.54) is 5.56 Å². The number of anilines is 1. The van der Waals surface area contributed by atoms with Crippen molar-refractivity contribution >= 4 is 11.6 Å². The molecule has 1 amide bonds. The Morgan fingerprint density at radius 1 is 1.15 bits per heavy atom. The average molecular weight is 368 g/mol. The zero-order chi connectivity index (χ0) is 18.9. The normalized spacial score (nSPS) is 20.4. The summed E-state index contributed by atoms with van der Waals surface area (Å²) in [5.41, 5.74) is 1.60. The second-order valence-electron chi connectivity index (χ2n) is 7.92. The highest BCUT2D eigenvalue weighted by atomic mass is 16.3. The number of piperidine rings is 1. The molecule has 0 atom stereocenters. The molecule has 0 aliphatic carbocycles. The number of hydrogen-bond acceptors (Lipinski definition) is 4. The molecule has 144 valence electrons. The summed E-state index contributed by atoms with van der Waals surface area (Å²) in [6.07, 6.45) is 6.88. The van der Waals surface area contributed by atoms with Crippen LogP contribution in [0.5, 0.6) is 0 Å². The van der Waals surface area contributed by atoms with Crippen molar-refractivity contribution in [3.8, 4) is 0 Å². The summed E-state index contributed by atoms with van der Waals surface area (Å²) in [4.78, 5) is 20.4. The van der Waals surface area contributed by atoms with Gasteiger partial charge in [0, 0.05) is 50.7 Å². The van der Waals surface area contributed by atoms with Crippen LogP contribution in [0.2, 0.25) is 0 Å². The number of aromatic nitrogens is 2. The fraction of sp³-hybridized carbons (Fsp3) is 0.524. The molecule has 3 heterocycles. The molecule has 0 spiro atoms. The molecule has 2 fully saturated rings. The van der Waals surface area contributed by atoms with Gasteiger partial charge in [0.1, 0.15) is 5.82 Å². The van der Waals surface area contributed by atoms with Crippen LogP contribution in [-0.4, -0.2) is 50.7 Å². The zero-order valence-electron chi connectivity index (χ0n) is 16.0. The van der Waals surface area contributed by atoms with Crippen LogP contribution in [0.4, 0.5) is 5.69 Å². The molecule has 6 heteroatoms. The molecule has 1 aromatic carbocycles. The van der Waals surface area contributed by atoms with Crippen molar-refractivity contribution in [2.45, 2.75) is 51.3 Å². The fourth-order valence-electron chi connectivity index (χ4n) is 4.13. The molecule has 4 rings (SSSR count). The van der Waals surface area contributed by atoms with E-state index in [2.05, 4.69) is 34.1 Å². The van der Waals surface area contributed by atoms with Crippen LogP contribution in [0.1, 0.15) is 37.1 Å². The van der Waals surface area contributed by atoms with E-state index < -0.39 is 5.60 Å². The summed E-state index contributed by atoms with van der Waals surface area (Å²) >= 11 is 0. The summed E-state index contributed by atoms with van der Waals surface area (Å²) in [6.45, 7) is 6.07. The van der Waals surface area contributed by atoms with Crippen LogP contribution in [0.3, 0.4) is 0 Å². The van der Waals surface area contributed by atoms with Crippen molar-refractivity contribution in [3.63, 3.8) is 0 Å². The molecule has 6 nitrogen and oxygen atoms in total. The van der Waals surface area contributed by atoms with Crippen molar-refractivity contribution in [2.24, 2.45) is 0 Å². The van der Waals surface area contributed by atoms with Gasteiger partial charge in [0.25, 0.3) is 0 Å². The summed E-state index contributed by atoms with van der Waals surface area (Å²) in [5, 5.41) is 10.9. The van der Waals surface area contributed by atoms with Gasteiger partial charge in [-0.2, -0.15) is 0 Å². The van der Waals surface area contributed by atoms with Crippen molar-refractivity contribution in [3.05, 3.63) is 48.0 Å². The maximum absolute atomic E-state index is 11.9. The van der Waals surface area contributed by atoms with E-state index in [1.807, 2.05) is 22.6 Å². The molecular weight excluding hydrogens is 340 g/mol. The number of hydrogen-bond donors (Lipinski definition) is 1. The molecule has 0 saturated carbocycles. The third-order valence-electron chi connectivity index (χ3n) is 5.90. The number of amides is 1. The van der Waals surface area contributed by atoms with Crippen LogP contribution in [0.15, 0.2) is 36.7 Å². The molecule has 1 aromatic heterocycles. The van der Waals surface area contributed by atoms with Gasteiger partial charge in [-0.05, 0) is 43.9 Å². The topological polar surface area (TPSA) is 61.6 Å². The standard InChI is InChI=1S/C21H28N4O2/c1-17-22-10-14-24(17)16-21(27)8-12-23(13-9-21)15-18-4-6-19(7-5-18)25-11-2-3-20(25)26/h4-7,10,14,27H,2-3,8-9,11-13,15-16H2,1H3. The number of aryl methyl sites for hydroxylation is 1. The van der Waals surface area contributed by atoms with Gasteiger partial charge in [-0.25, -0.2) is 4.98 Å². The number of imidazole rings is 1. The highest BCUT2D eigenvalue weighted by molar-refractivity contribution is 5.95. The Hall–Kier alpha value is -2.18. The summed E-state index contributed by atoms with van der Waals surface area (Å²) in [7, 11) is 0. The lowest BCUT2D eigenvalue weighted by atomic mass is 9.91. The lowest BCUT2D eigenvalue weighted by Gasteiger charge is -2.38. The van der Waals surface area contributed by atoms with E-state index in [1.54, 1.807) is 6.20 Å². The second kappa shape index (κ2) is 7.44. The highest BCUT2D eigenvalue weighted by Crippen LogP contribution is 2.26. The van der Waals surface area contributed by atoms with Crippen LogP contribution in [0, 0.1) is 6.92 Å². The molecule has 1 N–H and O–H groups in total. The van der Waals surface area contributed by atoms with E-state index in [4.69, 9.17) is 0 Å². The molecule has 2 aromatic rings. The Bertz CT molecular complexity index is 791. The number of rotatable bonds is 5. The van der Waals surface area contributed by atoms with Gasteiger partial charge >= 0.3 is 0 Å². The summed E-state index contributed by atoms with van der Waals surface area (Å²) in [5.74, 6) is 1.17. The van der Waals surface area contributed by atoms with E-state index in [9.17, 15) is 9.90 Å². The Kier molecular flexibility index (Phi) is 5.02. The number of nitrogens with zero attached hydrogens (tertiary/aromatic N) is 4. The van der Waals surface area contributed by atoms with E-state index in [-0.39, 0.29) is 5.91 Å². The van der Waals surface area contributed by atoms with E-state index in [0.29, 0.717) is 13.0 Å². The lowest BCUT2D eigenvalue weighted by molar-refractivity contribution is -0.117. The van der Waals surface area contributed by atoms with Crippen molar-refractivity contribution in [1.29, 1.82) is 0 Å². The SMILES string of the molecule is Cc1nccn1CC1(O)CCN(Cc2ccc(N3CCCC3=O)cc2)CC1. The monoisotopic (exact) mass is 368 g/mol. The molecule has 2 saturated heterocycles. The van der Waals surface area contributed by atoms with Gasteiger partial charge in [0.15, 0.2) is 0 Å². The smallest absolute Gasteiger partial charge is 0.227 e. The summed E-state index contributed by atoms with van der Waals surface area (Å²) in [6, 6.07) is 8.36. The summed E-state index contributed by atoms with van der Waals surface area (Å²) < 4.78 is 2.04. The predicted molar refractivity (Wildman–Crippen MR) is 104 cm³/mol. The molecule has 27 heavy (non-hydrogen) atoms. The van der Waals surface area contributed by atoms with Crippen molar-refractivity contribution in [1.82, 2.24) is 14.5 Å². The minimum Gasteiger partial charge on any atom is -0.388 e. The Morgan fingerprint density at radius 3 is 2.48 bits per heavy atom. The number of benzene rings is 1. The average Bonchev–Trinajstić information content (AvgIpc) is 3.26. The molecule has 2 aliphatic rings. The minimum atomic E-state index is -0.651. The van der Waals surface area contributed by atoms with Crippen LogP contribution in [0.25, 0.3) is 0 Å². The van der Waals surface area contributed by atoms with Gasteiger partial charge in [0.2, 0.25) is 5.91 Å². The minimum absolute atomic E-state index is 0.228. The Morgan fingerprint density at radius 2 is 1.89 bits per heavy atom. The van der Waals surface area contributed by atoms with Crippen LogP contribution in [-0.2, 0) is 17.9 Å². The van der Waals surface area contributed by atoms with Gasteiger partial charge in [0.05, 0.1) is 12.1 Å². The number of likely N-dealkylation sites (tertiary alicyclic amines) is 1. The van der Waals surface area contributed by atoms with Gasteiger partial charge in [-0.1, -0.05) is 12.1 Å². The Balaban J connectivity index is 1.31. The number of carbonyl (C=O) groups excluding carboxylic acids is 1. The van der Waals surface area contributed by atoms with E-state index >= 15 is 0 Å². The first kappa shape index (κ1) is 18.2. The van der Waals surface area contributed by atoms with Gasteiger partial charge < -0.3 is 14.6 Å². The first-order chi connectivity index (χ1) is 13.0. The first-order valence-corrected chi connectivity index (χ1v) is 9.84. The molecule has 2 aliphatic heterocycles. The van der Waals surface area contributed by atoms with Gasteiger partial charge in [-0.3, -0.25) is 9.69 Å². The fourth-order valence-corrected chi connectivity index (χ4v) is 4.13. The molecular formula is C21H28N4O2.